The van der Waals surface area contributed by atoms with Gasteiger partial charge < -0.3 is 5.73 Å². The average Bonchev–Trinajstić information content (AvgIpc) is 2.39. The summed E-state index contributed by atoms with van der Waals surface area (Å²) in [4.78, 5) is 12.7. The molecule has 0 radical (unpaired) electrons. The van der Waals surface area contributed by atoms with E-state index in [0.29, 0.717) is 11.5 Å². The van der Waals surface area contributed by atoms with E-state index in [1.54, 1.807) is 12.3 Å². The standard InChI is InChI=1S/C13H13FN4/c14-8-4-5-12(16-6-8)13-17-7-9-10(15)2-1-3-11(9)18-13/h4-7,10H,1-3,15H2. The van der Waals surface area contributed by atoms with Crippen LogP contribution in [0.1, 0.15) is 30.1 Å². The molecule has 4 nitrogen and oxygen atoms in total. The number of nitrogens with zero attached hydrogens (tertiary/aromatic N) is 3. The maximum Gasteiger partial charge on any atom is 0.178 e. The molecule has 2 aromatic heterocycles. The number of pyridine rings is 1. The topological polar surface area (TPSA) is 64.7 Å². The fourth-order valence-electron chi connectivity index (χ4n) is 2.21. The number of halogens is 1. The fraction of sp³-hybridized carbons (Fsp3) is 0.308. The van der Waals surface area contributed by atoms with E-state index in [1.165, 1.54) is 12.3 Å². The van der Waals surface area contributed by atoms with Crippen molar-refractivity contribution in [2.24, 2.45) is 5.73 Å². The van der Waals surface area contributed by atoms with E-state index in [1.807, 2.05) is 0 Å². The zero-order valence-corrected chi connectivity index (χ0v) is 9.81. The summed E-state index contributed by atoms with van der Waals surface area (Å²) in [5.74, 6) is 0.168. The van der Waals surface area contributed by atoms with E-state index >= 15 is 0 Å². The van der Waals surface area contributed by atoms with Crippen LogP contribution in [0.2, 0.25) is 0 Å². The van der Waals surface area contributed by atoms with Gasteiger partial charge in [0.25, 0.3) is 0 Å². The summed E-state index contributed by atoms with van der Waals surface area (Å²) < 4.78 is 12.8. The molecule has 2 N–H and O–H groups in total. The van der Waals surface area contributed by atoms with Gasteiger partial charge in [0.1, 0.15) is 11.5 Å². The highest BCUT2D eigenvalue weighted by molar-refractivity contribution is 5.49. The van der Waals surface area contributed by atoms with Crippen LogP contribution in [0.3, 0.4) is 0 Å². The molecule has 1 aliphatic rings. The Morgan fingerprint density at radius 3 is 2.89 bits per heavy atom. The monoisotopic (exact) mass is 244 g/mol. The molecule has 0 amide bonds. The van der Waals surface area contributed by atoms with Gasteiger partial charge in [0.05, 0.1) is 6.20 Å². The third-order valence-corrected chi connectivity index (χ3v) is 3.18. The third-order valence-electron chi connectivity index (χ3n) is 3.18. The molecule has 1 aliphatic carbocycles. The summed E-state index contributed by atoms with van der Waals surface area (Å²) in [5.41, 5.74) is 8.60. The summed E-state index contributed by atoms with van der Waals surface area (Å²) in [7, 11) is 0. The number of hydrogen-bond acceptors (Lipinski definition) is 4. The van der Waals surface area contributed by atoms with E-state index in [2.05, 4.69) is 15.0 Å². The van der Waals surface area contributed by atoms with Crippen molar-refractivity contribution in [3.63, 3.8) is 0 Å². The van der Waals surface area contributed by atoms with Gasteiger partial charge in [-0.1, -0.05) is 0 Å². The summed E-state index contributed by atoms with van der Waals surface area (Å²) >= 11 is 0. The number of rotatable bonds is 1. The highest BCUT2D eigenvalue weighted by atomic mass is 19.1. The molecule has 0 spiro atoms. The molecule has 3 rings (SSSR count). The first-order chi connectivity index (χ1) is 8.74. The number of aryl methyl sites for hydroxylation is 1. The van der Waals surface area contributed by atoms with Gasteiger partial charge in [-0.05, 0) is 31.4 Å². The van der Waals surface area contributed by atoms with Crippen LogP contribution in [0.25, 0.3) is 11.5 Å². The zero-order valence-electron chi connectivity index (χ0n) is 9.81. The maximum absolute atomic E-state index is 12.8. The average molecular weight is 244 g/mol. The molecule has 2 heterocycles. The molecule has 5 heteroatoms. The summed E-state index contributed by atoms with van der Waals surface area (Å²) in [6.45, 7) is 0. The van der Waals surface area contributed by atoms with Crippen LogP contribution in [-0.2, 0) is 6.42 Å². The Hall–Kier alpha value is -1.88. The second-order valence-corrected chi connectivity index (χ2v) is 4.46. The van der Waals surface area contributed by atoms with Gasteiger partial charge in [0.2, 0.25) is 0 Å². The van der Waals surface area contributed by atoms with Crippen LogP contribution in [0.5, 0.6) is 0 Å². The molecule has 18 heavy (non-hydrogen) atoms. The van der Waals surface area contributed by atoms with Crippen molar-refractivity contribution in [3.05, 3.63) is 41.6 Å². The first-order valence-electron chi connectivity index (χ1n) is 5.97. The normalized spacial score (nSPS) is 18.4. The molecule has 2 aromatic rings. The number of aromatic nitrogens is 3. The van der Waals surface area contributed by atoms with Gasteiger partial charge in [0.15, 0.2) is 5.82 Å². The SMILES string of the molecule is NC1CCCc2nc(-c3ccc(F)cn3)ncc21. The molecular weight excluding hydrogens is 231 g/mol. The van der Waals surface area contributed by atoms with Gasteiger partial charge in [-0.2, -0.15) is 0 Å². The van der Waals surface area contributed by atoms with Crippen molar-refractivity contribution in [2.75, 3.05) is 0 Å². The van der Waals surface area contributed by atoms with Crippen molar-refractivity contribution in [3.8, 4) is 11.5 Å². The predicted octanol–water partition coefficient (Wildman–Crippen LogP) is 2.01. The lowest BCUT2D eigenvalue weighted by Crippen LogP contribution is -2.19. The van der Waals surface area contributed by atoms with Gasteiger partial charge in [-0.15, -0.1) is 0 Å². The third kappa shape index (κ3) is 1.97. The fourth-order valence-corrected chi connectivity index (χ4v) is 2.21. The predicted molar refractivity (Wildman–Crippen MR) is 65.1 cm³/mol. The molecule has 0 aromatic carbocycles. The lowest BCUT2D eigenvalue weighted by atomic mass is 9.93. The van der Waals surface area contributed by atoms with Crippen LogP contribution >= 0.6 is 0 Å². The van der Waals surface area contributed by atoms with Crippen LogP contribution in [-0.4, -0.2) is 15.0 Å². The molecule has 0 saturated carbocycles. The molecule has 92 valence electrons. The van der Waals surface area contributed by atoms with Crippen LogP contribution in [0.15, 0.2) is 24.5 Å². The van der Waals surface area contributed by atoms with E-state index in [0.717, 1.165) is 30.5 Å². The highest BCUT2D eigenvalue weighted by Crippen LogP contribution is 2.27. The van der Waals surface area contributed by atoms with E-state index in [9.17, 15) is 4.39 Å². The number of fused-ring (bicyclic) bond motifs is 1. The molecule has 0 bridgehead atoms. The first-order valence-corrected chi connectivity index (χ1v) is 5.97. The van der Waals surface area contributed by atoms with Crippen molar-refractivity contribution in [1.29, 1.82) is 0 Å². The molecule has 0 saturated heterocycles. The van der Waals surface area contributed by atoms with E-state index < -0.39 is 0 Å². The molecule has 1 atom stereocenters. The number of nitrogens with two attached hydrogens (primary N) is 1. The lowest BCUT2D eigenvalue weighted by Gasteiger charge is -2.20. The lowest BCUT2D eigenvalue weighted by molar-refractivity contribution is 0.557. The molecule has 0 aliphatic heterocycles. The largest absolute Gasteiger partial charge is 0.324 e. The Morgan fingerprint density at radius 1 is 1.22 bits per heavy atom. The van der Waals surface area contributed by atoms with Gasteiger partial charge in [-0.25, -0.2) is 19.3 Å². The smallest absolute Gasteiger partial charge is 0.178 e. The molecular formula is C13H13FN4. The quantitative estimate of drug-likeness (QED) is 0.833. The van der Waals surface area contributed by atoms with Crippen molar-refractivity contribution >= 4 is 0 Å². The zero-order chi connectivity index (χ0) is 12.5. The van der Waals surface area contributed by atoms with E-state index in [4.69, 9.17) is 5.73 Å². The van der Waals surface area contributed by atoms with Gasteiger partial charge in [-0.3, -0.25) is 0 Å². The first kappa shape index (κ1) is 11.2. The van der Waals surface area contributed by atoms with Crippen molar-refractivity contribution in [2.45, 2.75) is 25.3 Å². The second kappa shape index (κ2) is 4.42. The Morgan fingerprint density at radius 2 is 2.11 bits per heavy atom. The highest BCUT2D eigenvalue weighted by Gasteiger charge is 2.19. The second-order valence-electron chi connectivity index (χ2n) is 4.46. The van der Waals surface area contributed by atoms with Crippen molar-refractivity contribution < 1.29 is 4.39 Å². The number of hydrogen-bond donors (Lipinski definition) is 1. The van der Waals surface area contributed by atoms with E-state index in [-0.39, 0.29) is 11.9 Å². The van der Waals surface area contributed by atoms with Crippen LogP contribution < -0.4 is 5.73 Å². The maximum atomic E-state index is 12.8. The van der Waals surface area contributed by atoms with Crippen LogP contribution in [0.4, 0.5) is 4.39 Å². The summed E-state index contributed by atoms with van der Waals surface area (Å²) in [5, 5.41) is 0. The summed E-state index contributed by atoms with van der Waals surface area (Å²) in [6.07, 6.45) is 5.88. The summed E-state index contributed by atoms with van der Waals surface area (Å²) in [6, 6.07) is 2.97. The van der Waals surface area contributed by atoms with Crippen molar-refractivity contribution in [1.82, 2.24) is 15.0 Å². The molecule has 1 unspecified atom stereocenters. The Labute approximate surface area is 104 Å². The Bertz CT molecular complexity index is 568. The Balaban J connectivity index is 2.01. The van der Waals surface area contributed by atoms with Crippen LogP contribution in [0, 0.1) is 5.82 Å². The molecule has 0 fully saturated rings. The van der Waals surface area contributed by atoms with Gasteiger partial charge >= 0.3 is 0 Å². The minimum absolute atomic E-state index is 0.0315. The Kier molecular flexibility index (Phi) is 2.76. The minimum atomic E-state index is -0.362. The minimum Gasteiger partial charge on any atom is -0.324 e. The van der Waals surface area contributed by atoms with Gasteiger partial charge in [0, 0.05) is 23.5 Å².